The van der Waals surface area contributed by atoms with Crippen molar-refractivity contribution < 1.29 is 14.6 Å². The molecule has 5 heteroatoms. The third kappa shape index (κ3) is 1.89. The SMILES string of the molecule is C/C=C1\CN2C3CC1C(CO)(C(=O)OC)C2Cc1c3n(C)c2ccccc12. The number of ether oxygens (including phenoxy) is 1. The second-order valence-electron chi connectivity index (χ2n) is 8.19. The van der Waals surface area contributed by atoms with E-state index in [2.05, 4.69) is 46.9 Å². The number of aliphatic hydroxyl groups is 1. The highest BCUT2D eigenvalue weighted by Gasteiger charge is 2.65. The van der Waals surface area contributed by atoms with Gasteiger partial charge in [-0.15, -0.1) is 0 Å². The van der Waals surface area contributed by atoms with Gasteiger partial charge < -0.3 is 14.4 Å². The first-order valence-electron chi connectivity index (χ1n) is 9.74. The molecule has 4 bridgehead atoms. The number of hydrogen-bond donors (Lipinski definition) is 1. The minimum Gasteiger partial charge on any atom is -0.468 e. The van der Waals surface area contributed by atoms with Crippen LogP contribution >= 0.6 is 0 Å². The molecule has 4 aliphatic rings. The summed E-state index contributed by atoms with van der Waals surface area (Å²) in [5.74, 6) is -0.239. The molecule has 0 amide bonds. The van der Waals surface area contributed by atoms with Gasteiger partial charge in [-0.1, -0.05) is 29.8 Å². The van der Waals surface area contributed by atoms with Gasteiger partial charge in [0.05, 0.1) is 19.8 Å². The van der Waals surface area contributed by atoms with E-state index in [1.165, 1.54) is 34.8 Å². The Balaban J connectivity index is 1.76. The van der Waals surface area contributed by atoms with E-state index in [0.29, 0.717) is 0 Å². The summed E-state index contributed by atoms with van der Waals surface area (Å²) < 4.78 is 7.58. The monoisotopic (exact) mass is 366 g/mol. The van der Waals surface area contributed by atoms with Crippen LogP contribution in [-0.2, 0) is 23.0 Å². The number of piperidine rings is 3. The third-order valence-corrected chi connectivity index (χ3v) is 7.46. The second-order valence-corrected chi connectivity index (χ2v) is 8.19. The number of hydrogen-bond acceptors (Lipinski definition) is 4. The van der Waals surface area contributed by atoms with E-state index in [0.717, 1.165) is 19.4 Å². The Morgan fingerprint density at radius 3 is 2.89 bits per heavy atom. The summed E-state index contributed by atoms with van der Waals surface area (Å²) in [5, 5.41) is 11.8. The number of nitrogens with zero attached hydrogens (tertiary/aromatic N) is 2. The van der Waals surface area contributed by atoms with Gasteiger partial charge in [0.15, 0.2) is 0 Å². The molecule has 27 heavy (non-hydrogen) atoms. The number of aromatic nitrogens is 1. The zero-order valence-electron chi connectivity index (χ0n) is 16.1. The summed E-state index contributed by atoms with van der Waals surface area (Å²) in [4.78, 5) is 15.5. The van der Waals surface area contributed by atoms with Gasteiger partial charge >= 0.3 is 5.97 Å². The molecule has 1 N–H and O–H groups in total. The molecule has 3 saturated heterocycles. The van der Waals surface area contributed by atoms with E-state index < -0.39 is 5.41 Å². The molecule has 4 aliphatic heterocycles. The second kappa shape index (κ2) is 5.69. The smallest absolute Gasteiger partial charge is 0.316 e. The number of aryl methyl sites for hydroxylation is 1. The normalized spacial score (nSPS) is 35.5. The average Bonchev–Trinajstić information content (AvgIpc) is 3.00. The van der Waals surface area contributed by atoms with Gasteiger partial charge in [-0.05, 0) is 31.4 Å². The molecule has 0 spiro atoms. The molecule has 1 aromatic carbocycles. The Morgan fingerprint density at radius 2 is 2.19 bits per heavy atom. The molecule has 3 fully saturated rings. The highest BCUT2D eigenvalue weighted by atomic mass is 16.5. The maximum atomic E-state index is 13.0. The largest absolute Gasteiger partial charge is 0.468 e. The van der Waals surface area contributed by atoms with Crippen molar-refractivity contribution >= 4 is 16.9 Å². The molecule has 5 atom stereocenters. The number of methoxy groups -OCH3 is 1. The van der Waals surface area contributed by atoms with Crippen molar-refractivity contribution in [1.29, 1.82) is 0 Å². The number of carbonyl (C=O) groups excluding carboxylic acids is 1. The molecule has 0 radical (unpaired) electrons. The quantitative estimate of drug-likeness (QED) is 0.656. The lowest BCUT2D eigenvalue weighted by atomic mass is 9.55. The van der Waals surface area contributed by atoms with E-state index in [1.807, 2.05) is 6.92 Å². The zero-order valence-corrected chi connectivity index (χ0v) is 16.1. The van der Waals surface area contributed by atoms with Gasteiger partial charge in [0.25, 0.3) is 0 Å². The standard InChI is InChI=1S/C22H26N2O3/c1-4-13-11-24-18-10-16(13)22(12-25,21(26)27-3)19(24)9-15-14-7-5-6-8-17(14)23(2)20(15)18/h4-8,16,18-19,25H,9-12H2,1-3H3/b13-4+. The van der Waals surface area contributed by atoms with Crippen molar-refractivity contribution in [2.24, 2.45) is 18.4 Å². The molecule has 0 aliphatic carbocycles. The zero-order chi connectivity index (χ0) is 18.9. The number of allylic oxidation sites excluding steroid dienone is 1. The van der Waals surface area contributed by atoms with Crippen LogP contribution in [0.5, 0.6) is 0 Å². The summed E-state index contributed by atoms with van der Waals surface area (Å²) in [6, 6.07) is 8.77. The van der Waals surface area contributed by atoms with Gasteiger partial charge in [-0.25, -0.2) is 0 Å². The molecule has 6 rings (SSSR count). The molecule has 2 aromatic rings. The summed E-state index contributed by atoms with van der Waals surface area (Å²) >= 11 is 0. The average molecular weight is 366 g/mol. The molecular weight excluding hydrogens is 340 g/mol. The summed E-state index contributed by atoms with van der Waals surface area (Å²) in [6.07, 6.45) is 3.75. The number of para-hydroxylation sites is 1. The maximum absolute atomic E-state index is 13.0. The van der Waals surface area contributed by atoms with Crippen LogP contribution < -0.4 is 0 Å². The van der Waals surface area contributed by atoms with Crippen molar-refractivity contribution in [2.45, 2.75) is 31.8 Å². The predicted octanol–water partition coefficient (Wildman–Crippen LogP) is 2.58. The van der Waals surface area contributed by atoms with Crippen molar-refractivity contribution in [3.63, 3.8) is 0 Å². The maximum Gasteiger partial charge on any atom is 0.316 e. The van der Waals surface area contributed by atoms with Gasteiger partial charge in [-0.3, -0.25) is 9.69 Å². The lowest BCUT2D eigenvalue weighted by Gasteiger charge is -2.62. The molecule has 5 heterocycles. The highest BCUT2D eigenvalue weighted by molar-refractivity contribution is 5.87. The van der Waals surface area contributed by atoms with Gasteiger partial charge in [0.1, 0.15) is 5.41 Å². The van der Waals surface area contributed by atoms with Crippen LogP contribution in [0.3, 0.4) is 0 Å². The highest BCUT2D eigenvalue weighted by Crippen LogP contribution is 2.60. The van der Waals surface area contributed by atoms with E-state index >= 15 is 0 Å². The minimum absolute atomic E-state index is 0.0271. The van der Waals surface area contributed by atoms with Crippen molar-refractivity contribution in [3.8, 4) is 0 Å². The molecule has 5 nitrogen and oxygen atoms in total. The van der Waals surface area contributed by atoms with Gasteiger partial charge in [-0.2, -0.15) is 0 Å². The Kier molecular flexibility index (Phi) is 3.59. The lowest BCUT2D eigenvalue weighted by molar-refractivity contribution is -0.183. The first kappa shape index (κ1) is 17.0. The van der Waals surface area contributed by atoms with Crippen LogP contribution in [0.25, 0.3) is 10.9 Å². The van der Waals surface area contributed by atoms with Crippen LogP contribution in [-0.4, -0.2) is 46.8 Å². The first-order valence-corrected chi connectivity index (χ1v) is 9.74. The van der Waals surface area contributed by atoms with E-state index in [-0.39, 0.29) is 30.6 Å². The van der Waals surface area contributed by atoms with E-state index in [4.69, 9.17) is 4.74 Å². The lowest BCUT2D eigenvalue weighted by Crippen LogP contribution is -2.69. The summed E-state index contributed by atoms with van der Waals surface area (Å²) in [5.41, 5.74) is 4.34. The fraction of sp³-hybridized carbons (Fsp3) is 0.500. The minimum atomic E-state index is -0.875. The Labute approximate surface area is 159 Å². The number of fused-ring (bicyclic) bond motifs is 4. The molecule has 0 saturated carbocycles. The molecule has 5 unspecified atom stereocenters. The summed E-state index contributed by atoms with van der Waals surface area (Å²) in [6.45, 7) is 2.74. The number of esters is 1. The van der Waals surface area contributed by atoms with E-state index in [1.54, 1.807) is 0 Å². The number of aliphatic hydroxyl groups excluding tert-OH is 1. The molecule has 142 valence electrons. The van der Waals surface area contributed by atoms with Gasteiger partial charge in [0, 0.05) is 42.1 Å². The van der Waals surface area contributed by atoms with E-state index in [9.17, 15) is 9.90 Å². The fourth-order valence-corrected chi connectivity index (χ4v) is 6.27. The first-order chi connectivity index (χ1) is 13.1. The Hall–Kier alpha value is -2.11. The van der Waals surface area contributed by atoms with Crippen LogP contribution in [0.2, 0.25) is 0 Å². The van der Waals surface area contributed by atoms with Crippen LogP contribution in [0.1, 0.15) is 30.6 Å². The number of benzene rings is 1. The number of carbonyl (C=O) groups is 1. The van der Waals surface area contributed by atoms with Crippen LogP contribution in [0.4, 0.5) is 0 Å². The van der Waals surface area contributed by atoms with Crippen LogP contribution in [0, 0.1) is 11.3 Å². The fourth-order valence-electron chi connectivity index (χ4n) is 6.27. The topological polar surface area (TPSA) is 54.7 Å². The van der Waals surface area contributed by atoms with Crippen molar-refractivity contribution in [1.82, 2.24) is 9.47 Å². The Bertz CT molecular complexity index is 975. The van der Waals surface area contributed by atoms with Crippen molar-refractivity contribution in [2.75, 3.05) is 20.3 Å². The molecule has 1 aromatic heterocycles. The van der Waals surface area contributed by atoms with Crippen molar-refractivity contribution in [3.05, 3.63) is 47.2 Å². The third-order valence-electron chi connectivity index (χ3n) is 7.46. The summed E-state index contributed by atoms with van der Waals surface area (Å²) in [7, 11) is 3.59. The predicted molar refractivity (Wildman–Crippen MR) is 103 cm³/mol. The Morgan fingerprint density at radius 1 is 1.41 bits per heavy atom. The number of rotatable bonds is 2. The van der Waals surface area contributed by atoms with Gasteiger partial charge in [0.2, 0.25) is 0 Å². The van der Waals surface area contributed by atoms with Crippen LogP contribution in [0.15, 0.2) is 35.9 Å². The molecular formula is C22H26N2O3.